The number of benzene rings is 1. The van der Waals surface area contributed by atoms with E-state index in [2.05, 4.69) is 20.6 Å². The summed E-state index contributed by atoms with van der Waals surface area (Å²) in [7, 11) is 0. The van der Waals surface area contributed by atoms with Crippen LogP contribution >= 0.6 is 0 Å². The van der Waals surface area contributed by atoms with Gasteiger partial charge < -0.3 is 14.6 Å². The number of nitrogens with zero attached hydrogens (tertiary/aromatic N) is 5. The second-order valence-electron chi connectivity index (χ2n) is 7.66. The molecule has 170 valence electrons. The molecule has 0 spiro atoms. The molecule has 1 N–H and O–H groups in total. The molecule has 3 aromatic heterocycles. The van der Waals surface area contributed by atoms with Gasteiger partial charge in [0.25, 0.3) is 0 Å². The number of pyridine rings is 1. The summed E-state index contributed by atoms with van der Waals surface area (Å²) in [6, 6.07) is 13.7. The minimum atomic E-state index is -0.809. The molecule has 1 atom stereocenters. The number of amides is 2. The van der Waals surface area contributed by atoms with Crippen molar-refractivity contribution in [3.05, 3.63) is 78.5 Å². The van der Waals surface area contributed by atoms with Crippen molar-refractivity contribution in [2.45, 2.75) is 38.9 Å². The van der Waals surface area contributed by atoms with Crippen molar-refractivity contribution in [2.75, 3.05) is 6.54 Å². The Morgan fingerprint density at radius 3 is 2.70 bits per heavy atom. The molecule has 4 aromatic rings. The predicted molar refractivity (Wildman–Crippen MR) is 122 cm³/mol. The number of unbranched alkanes of at least 4 members (excludes halogenated alkanes) is 1. The first-order valence-electron chi connectivity index (χ1n) is 10.9. The van der Waals surface area contributed by atoms with Crippen molar-refractivity contribution in [1.29, 1.82) is 0 Å². The number of carbonyl (C=O) groups is 2. The van der Waals surface area contributed by atoms with Crippen LogP contribution in [0, 0.1) is 0 Å². The summed E-state index contributed by atoms with van der Waals surface area (Å²) in [5, 5.41) is 11.2. The molecular weight excluding hydrogens is 420 g/mol. The summed E-state index contributed by atoms with van der Waals surface area (Å²) in [6.45, 7) is 2.70. The lowest BCUT2D eigenvalue weighted by Crippen LogP contribution is -2.45. The molecule has 3 heterocycles. The van der Waals surface area contributed by atoms with Gasteiger partial charge in [0.2, 0.25) is 11.8 Å². The highest BCUT2D eigenvalue weighted by molar-refractivity contribution is 5.89. The number of furan rings is 1. The van der Waals surface area contributed by atoms with E-state index in [1.807, 2.05) is 31.2 Å². The molecular formula is C24H26N6O3. The monoisotopic (exact) mass is 446 g/mol. The van der Waals surface area contributed by atoms with E-state index in [0.717, 1.165) is 18.4 Å². The Morgan fingerprint density at radius 1 is 1.12 bits per heavy atom. The van der Waals surface area contributed by atoms with Gasteiger partial charge in [0.1, 0.15) is 23.9 Å². The van der Waals surface area contributed by atoms with Crippen LogP contribution in [-0.2, 0) is 22.7 Å². The summed E-state index contributed by atoms with van der Waals surface area (Å²) in [4.78, 5) is 32.6. The summed E-state index contributed by atoms with van der Waals surface area (Å²) in [5.41, 5.74) is 2.17. The fraction of sp³-hybridized carbons (Fsp3) is 0.292. The van der Waals surface area contributed by atoms with Crippen LogP contribution in [0.5, 0.6) is 0 Å². The average molecular weight is 447 g/mol. The van der Waals surface area contributed by atoms with Gasteiger partial charge in [-0.15, -0.1) is 5.10 Å². The summed E-state index contributed by atoms with van der Waals surface area (Å²) in [6.07, 6.45) is 6.44. The fourth-order valence-electron chi connectivity index (χ4n) is 3.68. The number of hydrogen-bond acceptors (Lipinski definition) is 6. The Balaban J connectivity index is 1.61. The normalized spacial score (nSPS) is 11.9. The summed E-state index contributed by atoms with van der Waals surface area (Å²) in [5.74, 6) is 0.136. The van der Waals surface area contributed by atoms with Crippen molar-refractivity contribution in [2.24, 2.45) is 0 Å². The van der Waals surface area contributed by atoms with Crippen LogP contribution in [0.1, 0.15) is 37.1 Å². The van der Waals surface area contributed by atoms with E-state index in [-0.39, 0.29) is 24.9 Å². The smallest absolute Gasteiger partial charge is 0.247 e. The number of nitrogens with one attached hydrogen (secondary N) is 1. The zero-order chi connectivity index (χ0) is 23.0. The molecule has 0 aliphatic carbocycles. The highest BCUT2D eigenvalue weighted by atomic mass is 16.3. The molecule has 0 aliphatic rings. The average Bonchev–Trinajstić information content (AvgIpc) is 3.51. The first-order chi connectivity index (χ1) is 16.2. The second kappa shape index (κ2) is 10.5. The lowest BCUT2D eigenvalue weighted by molar-refractivity contribution is -0.141. The van der Waals surface area contributed by atoms with Crippen LogP contribution in [0.2, 0.25) is 0 Å². The Labute approximate surface area is 191 Å². The molecule has 0 radical (unpaired) electrons. The van der Waals surface area contributed by atoms with Gasteiger partial charge in [-0.1, -0.05) is 30.7 Å². The number of aromatic nitrogens is 4. The molecule has 4 rings (SSSR count). The number of fused-ring (bicyclic) bond motifs is 1. The highest BCUT2D eigenvalue weighted by Gasteiger charge is 2.31. The molecule has 0 fully saturated rings. The van der Waals surface area contributed by atoms with Gasteiger partial charge in [0, 0.05) is 18.9 Å². The lowest BCUT2D eigenvalue weighted by Gasteiger charge is -2.31. The summed E-state index contributed by atoms with van der Waals surface area (Å²) < 4.78 is 6.90. The van der Waals surface area contributed by atoms with E-state index in [4.69, 9.17) is 4.42 Å². The van der Waals surface area contributed by atoms with Crippen LogP contribution in [0.25, 0.3) is 11.0 Å². The molecule has 33 heavy (non-hydrogen) atoms. The molecule has 0 unspecified atom stereocenters. The van der Waals surface area contributed by atoms with E-state index >= 15 is 0 Å². The Hall–Kier alpha value is -4.01. The Kier molecular flexibility index (Phi) is 7.09. The van der Waals surface area contributed by atoms with E-state index in [9.17, 15) is 9.59 Å². The van der Waals surface area contributed by atoms with Crippen molar-refractivity contribution >= 4 is 22.8 Å². The molecule has 1 aromatic carbocycles. The first-order valence-corrected chi connectivity index (χ1v) is 10.9. The molecule has 0 saturated carbocycles. The van der Waals surface area contributed by atoms with E-state index in [0.29, 0.717) is 23.4 Å². The van der Waals surface area contributed by atoms with Gasteiger partial charge in [-0.05, 0) is 48.4 Å². The second-order valence-corrected chi connectivity index (χ2v) is 7.66. The number of rotatable bonds is 10. The van der Waals surface area contributed by atoms with Crippen molar-refractivity contribution in [1.82, 2.24) is 30.2 Å². The van der Waals surface area contributed by atoms with Crippen LogP contribution in [0.3, 0.4) is 0 Å². The summed E-state index contributed by atoms with van der Waals surface area (Å²) >= 11 is 0. The van der Waals surface area contributed by atoms with Crippen LogP contribution < -0.4 is 5.32 Å². The van der Waals surface area contributed by atoms with Gasteiger partial charge in [0.05, 0.1) is 18.3 Å². The van der Waals surface area contributed by atoms with Crippen molar-refractivity contribution in [3.8, 4) is 0 Å². The largest absolute Gasteiger partial charge is 0.467 e. The molecule has 9 nitrogen and oxygen atoms in total. The maximum Gasteiger partial charge on any atom is 0.247 e. The van der Waals surface area contributed by atoms with Crippen LogP contribution in [-0.4, -0.2) is 43.2 Å². The topological polar surface area (TPSA) is 106 Å². The maximum atomic E-state index is 13.5. The van der Waals surface area contributed by atoms with Gasteiger partial charge >= 0.3 is 0 Å². The Bertz CT molecular complexity index is 1190. The van der Waals surface area contributed by atoms with Gasteiger partial charge in [0.15, 0.2) is 0 Å². The molecule has 2 amide bonds. The minimum Gasteiger partial charge on any atom is -0.467 e. The Morgan fingerprint density at radius 2 is 1.94 bits per heavy atom. The number of hydrogen-bond donors (Lipinski definition) is 1. The van der Waals surface area contributed by atoms with Gasteiger partial charge in [-0.3, -0.25) is 14.6 Å². The van der Waals surface area contributed by atoms with E-state index < -0.39 is 6.04 Å². The quantitative estimate of drug-likeness (QED) is 0.401. The van der Waals surface area contributed by atoms with Crippen molar-refractivity contribution in [3.63, 3.8) is 0 Å². The predicted octanol–water partition coefficient (Wildman–Crippen LogP) is 3.11. The zero-order valence-electron chi connectivity index (χ0n) is 18.4. The molecule has 0 aliphatic heterocycles. The van der Waals surface area contributed by atoms with E-state index in [1.165, 1.54) is 0 Å². The lowest BCUT2D eigenvalue weighted by atomic mass is 10.0. The van der Waals surface area contributed by atoms with Gasteiger partial charge in [-0.2, -0.15) is 0 Å². The standard InChI is InChI=1S/C24H26N6O3/c1-2-3-14-29(22(31)17-30-21-9-5-4-8-20(21)27-28-30)23(18-10-12-25-13-11-18)24(32)26-16-19-7-6-15-33-19/h4-13,15,23H,2-3,14,16-17H2,1H3,(H,26,32)/t23-/m0/s1. The maximum absolute atomic E-state index is 13.5. The third kappa shape index (κ3) is 5.25. The number of para-hydroxylation sites is 1. The minimum absolute atomic E-state index is 0.0166. The molecule has 0 bridgehead atoms. The molecule has 0 saturated heterocycles. The third-order valence-corrected chi connectivity index (χ3v) is 5.38. The molecule has 9 heteroatoms. The first kappa shape index (κ1) is 22.2. The third-order valence-electron chi connectivity index (χ3n) is 5.38. The van der Waals surface area contributed by atoms with Crippen molar-refractivity contribution < 1.29 is 14.0 Å². The van der Waals surface area contributed by atoms with Gasteiger partial charge in [-0.25, -0.2) is 4.68 Å². The SMILES string of the molecule is CCCCN(C(=O)Cn1nnc2ccccc21)[C@H](C(=O)NCc1ccco1)c1ccncc1. The van der Waals surface area contributed by atoms with Crippen LogP contribution in [0.4, 0.5) is 0 Å². The fourth-order valence-corrected chi connectivity index (χ4v) is 3.68. The number of carbonyl (C=O) groups excluding carboxylic acids is 2. The van der Waals surface area contributed by atoms with E-state index in [1.54, 1.807) is 52.5 Å². The zero-order valence-corrected chi connectivity index (χ0v) is 18.4. The van der Waals surface area contributed by atoms with Crippen LogP contribution in [0.15, 0.2) is 71.6 Å². The highest BCUT2D eigenvalue weighted by Crippen LogP contribution is 2.23.